The van der Waals surface area contributed by atoms with E-state index >= 15 is 0 Å². The van der Waals surface area contributed by atoms with Crippen LogP contribution < -0.4 is 10.2 Å². The van der Waals surface area contributed by atoms with Crippen molar-refractivity contribution in [1.29, 1.82) is 0 Å². The topological polar surface area (TPSA) is 129 Å². The predicted octanol–water partition coefficient (Wildman–Crippen LogP) is 4.91. The quantitative estimate of drug-likeness (QED) is 0.359. The number of nitrogens with zero attached hydrogens (tertiary/aromatic N) is 4. The first-order chi connectivity index (χ1) is 19.7. The van der Waals surface area contributed by atoms with Crippen molar-refractivity contribution in [3.05, 3.63) is 83.9 Å². The van der Waals surface area contributed by atoms with E-state index in [1.54, 1.807) is 0 Å². The van der Waals surface area contributed by atoms with Crippen LogP contribution in [0, 0.1) is 0 Å². The van der Waals surface area contributed by atoms with E-state index < -0.39 is 24.3 Å². The Balaban J connectivity index is 0.000000289. The number of benzene rings is 1. The first-order valence-corrected chi connectivity index (χ1v) is 12.6. The van der Waals surface area contributed by atoms with Crippen LogP contribution in [0.25, 0.3) is 0 Å². The van der Waals surface area contributed by atoms with Crippen molar-refractivity contribution in [3.8, 4) is 0 Å². The molecule has 0 radical (unpaired) electrons. The Kier molecular flexibility index (Phi) is 10.4. The zero-order valence-corrected chi connectivity index (χ0v) is 21.9. The molecule has 0 saturated carbocycles. The molecule has 3 N–H and O–H groups in total. The second kappa shape index (κ2) is 13.6. The summed E-state index contributed by atoms with van der Waals surface area (Å²) in [7, 11) is 0. The van der Waals surface area contributed by atoms with Crippen molar-refractivity contribution in [2.45, 2.75) is 49.6 Å². The standard InChI is InChI=1S/C23H25N5.2C2HF3O2/c1-2-7-20-19(6-1)21(27-17-18-5-3-10-24-16-18)15-23(20)8-13-28(14-9-23)22-25-11-4-12-26-22;2*3-2(4,5)1(6)7/h1-7,10-12,16,21,27H,8-9,13-15,17H2;2*(H,6,7). The van der Waals surface area contributed by atoms with Gasteiger partial charge in [-0.1, -0.05) is 30.3 Å². The largest absolute Gasteiger partial charge is 0.490 e. The average molecular weight is 600 g/mol. The number of halogens is 6. The van der Waals surface area contributed by atoms with E-state index in [9.17, 15) is 26.3 Å². The molecule has 9 nitrogen and oxygen atoms in total. The van der Waals surface area contributed by atoms with Crippen LogP contribution in [-0.4, -0.2) is 62.5 Å². The van der Waals surface area contributed by atoms with Crippen molar-refractivity contribution in [1.82, 2.24) is 20.3 Å². The minimum absolute atomic E-state index is 0.258. The van der Waals surface area contributed by atoms with Gasteiger partial charge >= 0.3 is 24.3 Å². The minimum atomic E-state index is -5.08. The van der Waals surface area contributed by atoms with Crippen LogP contribution in [0.5, 0.6) is 0 Å². The zero-order valence-electron chi connectivity index (χ0n) is 21.9. The molecule has 5 rings (SSSR count). The van der Waals surface area contributed by atoms with Crippen LogP contribution in [0.3, 0.4) is 0 Å². The number of piperidine rings is 1. The third kappa shape index (κ3) is 8.61. The molecular formula is C27H27F6N5O4. The van der Waals surface area contributed by atoms with Gasteiger partial charge in [0.2, 0.25) is 5.95 Å². The van der Waals surface area contributed by atoms with E-state index in [2.05, 4.69) is 55.5 Å². The van der Waals surface area contributed by atoms with Gasteiger partial charge in [-0.25, -0.2) is 19.6 Å². The van der Waals surface area contributed by atoms with E-state index in [0.717, 1.165) is 44.8 Å². The molecule has 0 bridgehead atoms. The Morgan fingerprint density at radius 1 is 0.881 bits per heavy atom. The summed E-state index contributed by atoms with van der Waals surface area (Å²) in [5.74, 6) is -4.66. The molecule has 1 saturated heterocycles. The molecule has 1 aliphatic carbocycles. The lowest BCUT2D eigenvalue weighted by Crippen LogP contribution is -2.42. The van der Waals surface area contributed by atoms with Crippen molar-refractivity contribution in [2.75, 3.05) is 18.0 Å². The SMILES string of the molecule is O=C(O)C(F)(F)F.O=C(O)C(F)(F)F.c1cnc(N2CCC3(CC2)CC(NCc2cccnc2)c2ccccc23)nc1. The minimum Gasteiger partial charge on any atom is -0.475 e. The predicted molar refractivity (Wildman–Crippen MR) is 137 cm³/mol. The summed E-state index contributed by atoms with van der Waals surface area (Å²) in [6.45, 7) is 2.87. The van der Waals surface area contributed by atoms with Gasteiger partial charge in [0.1, 0.15) is 0 Å². The number of aromatic nitrogens is 3. The van der Waals surface area contributed by atoms with E-state index in [1.165, 1.54) is 16.7 Å². The van der Waals surface area contributed by atoms with Crippen molar-refractivity contribution in [2.24, 2.45) is 0 Å². The molecule has 42 heavy (non-hydrogen) atoms. The molecule has 0 amide bonds. The molecule has 15 heteroatoms. The molecule has 2 aliphatic rings. The second-order valence-corrected chi connectivity index (χ2v) is 9.51. The molecule has 1 spiro atoms. The van der Waals surface area contributed by atoms with Crippen molar-refractivity contribution < 1.29 is 46.1 Å². The van der Waals surface area contributed by atoms with Crippen molar-refractivity contribution in [3.63, 3.8) is 0 Å². The maximum absolute atomic E-state index is 10.6. The molecule has 1 fully saturated rings. The number of anilines is 1. The molecule has 226 valence electrons. The third-order valence-corrected chi connectivity index (χ3v) is 6.82. The smallest absolute Gasteiger partial charge is 0.475 e. The summed E-state index contributed by atoms with van der Waals surface area (Å²) in [5.41, 5.74) is 4.49. The summed E-state index contributed by atoms with van der Waals surface area (Å²) in [6, 6.07) is 15.4. The molecular weight excluding hydrogens is 572 g/mol. The Morgan fingerprint density at radius 3 is 1.98 bits per heavy atom. The lowest BCUT2D eigenvalue weighted by atomic mass is 9.73. The Bertz CT molecular complexity index is 1290. The van der Waals surface area contributed by atoms with Crippen LogP contribution in [0.1, 0.15) is 42.0 Å². The van der Waals surface area contributed by atoms with Gasteiger partial charge in [-0.3, -0.25) is 4.98 Å². The number of aliphatic carboxylic acids is 2. The van der Waals surface area contributed by atoms with E-state index in [0.29, 0.717) is 6.04 Å². The number of fused-ring (bicyclic) bond motifs is 2. The van der Waals surface area contributed by atoms with Crippen LogP contribution in [-0.2, 0) is 21.5 Å². The summed E-state index contributed by atoms with van der Waals surface area (Å²) in [6.07, 6.45) is 0.721. The lowest BCUT2D eigenvalue weighted by Gasteiger charge is -2.40. The normalized spacial score (nSPS) is 17.3. The highest BCUT2D eigenvalue weighted by atomic mass is 19.4. The number of nitrogens with one attached hydrogen (secondary N) is 1. The number of hydrogen-bond donors (Lipinski definition) is 3. The van der Waals surface area contributed by atoms with Gasteiger partial charge < -0.3 is 20.4 Å². The van der Waals surface area contributed by atoms with Gasteiger partial charge in [0, 0.05) is 55.9 Å². The summed E-state index contributed by atoms with van der Waals surface area (Å²) in [4.78, 5) is 33.2. The maximum atomic E-state index is 10.6. The molecule has 3 aromatic rings. The first kappa shape index (κ1) is 32.2. The summed E-state index contributed by atoms with van der Waals surface area (Å²) >= 11 is 0. The highest BCUT2D eigenvalue weighted by Crippen LogP contribution is 2.51. The lowest BCUT2D eigenvalue weighted by molar-refractivity contribution is -0.193. The maximum Gasteiger partial charge on any atom is 0.490 e. The number of hydrogen-bond acceptors (Lipinski definition) is 7. The van der Waals surface area contributed by atoms with E-state index in [-0.39, 0.29) is 5.41 Å². The number of carbonyl (C=O) groups is 2. The molecule has 1 atom stereocenters. The fourth-order valence-corrected chi connectivity index (χ4v) is 4.88. The van der Waals surface area contributed by atoms with Gasteiger partial charge in [0.05, 0.1) is 0 Å². The fourth-order valence-electron chi connectivity index (χ4n) is 4.88. The van der Waals surface area contributed by atoms with E-state index in [1.807, 2.05) is 36.9 Å². The summed E-state index contributed by atoms with van der Waals surface area (Å²) < 4.78 is 63.5. The first-order valence-electron chi connectivity index (χ1n) is 12.6. The number of carboxylic acids is 2. The third-order valence-electron chi connectivity index (χ3n) is 6.82. The van der Waals surface area contributed by atoms with Crippen LogP contribution in [0.2, 0.25) is 0 Å². The number of alkyl halides is 6. The van der Waals surface area contributed by atoms with E-state index in [4.69, 9.17) is 19.8 Å². The Labute approximate surface area is 236 Å². The number of carboxylic acid groups (broad SMARTS) is 2. The van der Waals surface area contributed by atoms with Crippen molar-refractivity contribution >= 4 is 17.9 Å². The van der Waals surface area contributed by atoms with Crippen LogP contribution >= 0.6 is 0 Å². The van der Waals surface area contributed by atoms with Gasteiger partial charge in [-0.2, -0.15) is 26.3 Å². The van der Waals surface area contributed by atoms with Crippen LogP contribution in [0.15, 0.2) is 67.3 Å². The number of pyridine rings is 1. The average Bonchev–Trinajstić information content (AvgIpc) is 3.26. The number of rotatable bonds is 4. The molecule has 1 aliphatic heterocycles. The van der Waals surface area contributed by atoms with Crippen LogP contribution in [0.4, 0.5) is 32.3 Å². The molecule has 3 heterocycles. The highest BCUT2D eigenvalue weighted by molar-refractivity contribution is 5.73. The highest BCUT2D eigenvalue weighted by Gasteiger charge is 2.45. The zero-order chi connectivity index (χ0) is 31.0. The Morgan fingerprint density at radius 2 is 1.45 bits per heavy atom. The molecule has 2 aromatic heterocycles. The second-order valence-electron chi connectivity index (χ2n) is 9.51. The van der Waals surface area contributed by atoms with Gasteiger partial charge in [-0.05, 0) is 48.1 Å². The molecule has 1 aromatic carbocycles. The summed E-state index contributed by atoms with van der Waals surface area (Å²) in [5, 5.41) is 18.0. The van der Waals surface area contributed by atoms with Gasteiger partial charge in [0.15, 0.2) is 0 Å². The molecule has 1 unspecified atom stereocenters. The van der Waals surface area contributed by atoms with Gasteiger partial charge in [0.25, 0.3) is 0 Å². The monoisotopic (exact) mass is 599 g/mol. The Hall–Kier alpha value is -4.27. The van der Waals surface area contributed by atoms with Gasteiger partial charge in [-0.15, -0.1) is 0 Å². The fraction of sp³-hybridized carbons (Fsp3) is 0.370.